The van der Waals surface area contributed by atoms with E-state index in [0.717, 1.165) is 17.0 Å². The van der Waals surface area contributed by atoms with Crippen molar-refractivity contribution in [2.75, 3.05) is 6.54 Å². The second-order valence-corrected chi connectivity index (χ2v) is 5.64. The van der Waals surface area contributed by atoms with Gasteiger partial charge in [-0.2, -0.15) is 0 Å². The van der Waals surface area contributed by atoms with Crippen LogP contribution < -0.4 is 10.1 Å². The molecule has 1 aliphatic heterocycles. The van der Waals surface area contributed by atoms with Gasteiger partial charge in [-0.3, -0.25) is 4.79 Å². The summed E-state index contributed by atoms with van der Waals surface area (Å²) in [6, 6.07) is 12.0. The zero-order valence-corrected chi connectivity index (χ0v) is 11.3. The molecule has 98 valence electrons. The van der Waals surface area contributed by atoms with Crippen molar-refractivity contribution in [1.82, 2.24) is 5.32 Å². The van der Waals surface area contributed by atoms with Gasteiger partial charge in [0.15, 0.2) is 0 Å². The Kier molecular flexibility index (Phi) is 3.51. The third kappa shape index (κ3) is 2.96. The number of benzene rings is 1. The number of ether oxygens (including phenoxy) is 1. The van der Waals surface area contributed by atoms with Crippen molar-refractivity contribution < 1.29 is 9.53 Å². The Morgan fingerprint density at radius 3 is 3.00 bits per heavy atom. The summed E-state index contributed by atoms with van der Waals surface area (Å²) < 4.78 is 5.78. The molecule has 0 bridgehead atoms. The van der Waals surface area contributed by atoms with E-state index < -0.39 is 0 Å². The molecule has 1 amide bonds. The first-order chi connectivity index (χ1) is 9.31. The lowest BCUT2D eigenvalue weighted by molar-refractivity contribution is -0.120. The first kappa shape index (κ1) is 12.2. The molecule has 0 saturated carbocycles. The molecule has 0 unspecified atom stereocenters. The van der Waals surface area contributed by atoms with Gasteiger partial charge in [0.25, 0.3) is 0 Å². The molecule has 19 heavy (non-hydrogen) atoms. The minimum absolute atomic E-state index is 0.0574. The van der Waals surface area contributed by atoms with Crippen molar-refractivity contribution in [3.8, 4) is 5.75 Å². The van der Waals surface area contributed by atoms with E-state index in [1.165, 1.54) is 5.56 Å². The fourth-order valence-electron chi connectivity index (χ4n) is 2.23. The lowest BCUT2D eigenvalue weighted by Crippen LogP contribution is -2.35. The summed E-state index contributed by atoms with van der Waals surface area (Å²) in [6.45, 7) is 0.568. The van der Waals surface area contributed by atoms with Gasteiger partial charge in [0.05, 0.1) is 13.0 Å². The summed E-state index contributed by atoms with van der Waals surface area (Å²) in [6.07, 6.45) is 1.39. The minimum atomic E-state index is 0.0574. The highest BCUT2D eigenvalue weighted by Gasteiger charge is 2.22. The van der Waals surface area contributed by atoms with Crippen LogP contribution in [0, 0.1) is 0 Å². The smallest absolute Gasteiger partial charge is 0.225 e. The van der Waals surface area contributed by atoms with Crippen LogP contribution in [0.15, 0.2) is 41.8 Å². The van der Waals surface area contributed by atoms with Gasteiger partial charge in [-0.15, -0.1) is 11.3 Å². The number of carbonyl (C=O) groups excluding carboxylic acids is 1. The number of nitrogens with one attached hydrogen (secondary N) is 1. The van der Waals surface area contributed by atoms with E-state index >= 15 is 0 Å². The van der Waals surface area contributed by atoms with Crippen LogP contribution in [-0.2, 0) is 17.6 Å². The van der Waals surface area contributed by atoms with Crippen LogP contribution >= 0.6 is 11.3 Å². The topological polar surface area (TPSA) is 38.3 Å². The van der Waals surface area contributed by atoms with E-state index in [1.54, 1.807) is 11.3 Å². The average Bonchev–Trinajstić information content (AvgIpc) is 3.04. The Bertz CT molecular complexity index is 540. The molecular weight excluding hydrogens is 258 g/mol. The molecule has 1 atom stereocenters. The fraction of sp³-hybridized carbons (Fsp3) is 0.267. The van der Waals surface area contributed by atoms with Gasteiger partial charge < -0.3 is 10.1 Å². The summed E-state index contributed by atoms with van der Waals surface area (Å²) >= 11 is 1.61. The van der Waals surface area contributed by atoms with Gasteiger partial charge in [-0.05, 0) is 23.1 Å². The molecule has 0 aliphatic carbocycles. The number of carbonyl (C=O) groups is 1. The second kappa shape index (κ2) is 5.45. The van der Waals surface area contributed by atoms with Crippen molar-refractivity contribution in [3.05, 3.63) is 52.2 Å². The highest BCUT2D eigenvalue weighted by molar-refractivity contribution is 7.10. The lowest BCUT2D eigenvalue weighted by atomic mass is 10.1. The maximum absolute atomic E-state index is 11.8. The third-order valence-corrected chi connectivity index (χ3v) is 4.03. The van der Waals surface area contributed by atoms with Gasteiger partial charge in [-0.1, -0.05) is 24.3 Å². The third-order valence-electron chi connectivity index (χ3n) is 3.16. The molecule has 1 aromatic heterocycles. The zero-order valence-electron chi connectivity index (χ0n) is 10.5. The number of fused-ring (bicyclic) bond motifs is 1. The molecule has 2 heterocycles. The maximum Gasteiger partial charge on any atom is 0.225 e. The standard InChI is InChI=1S/C15H15NO2S/c17-15(9-13-5-3-7-19-13)16-10-12-8-11-4-1-2-6-14(11)18-12/h1-7,12H,8-10H2,(H,16,17)/t12-/m1/s1. The number of rotatable bonds is 4. The predicted octanol–water partition coefficient (Wildman–Crippen LogP) is 2.41. The first-order valence-electron chi connectivity index (χ1n) is 6.35. The monoisotopic (exact) mass is 273 g/mol. The molecule has 0 radical (unpaired) electrons. The average molecular weight is 273 g/mol. The minimum Gasteiger partial charge on any atom is -0.488 e. The Morgan fingerprint density at radius 1 is 1.32 bits per heavy atom. The summed E-state index contributed by atoms with van der Waals surface area (Å²) in [5, 5.41) is 4.93. The molecule has 1 aliphatic rings. The zero-order chi connectivity index (χ0) is 13.1. The number of hydrogen-bond donors (Lipinski definition) is 1. The Labute approximate surface area is 116 Å². The van der Waals surface area contributed by atoms with E-state index in [2.05, 4.69) is 11.4 Å². The van der Waals surface area contributed by atoms with E-state index in [9.17, 15) is 4.79 Å². The van der Waals surface area contributed by atoms with Crippen molar-refractivity contribution in [1.29, 1.82) is 0 Å². The number of hydrogen-bond acceptors (Lipinski definition) is 3. The van der Waals surface area contributed by atoms with Gasteiger partial charge in [0.2, 0.25) is 5.91 Å². The molecule has 0 saturated heterocycles. The van der Waals surface area contributed by atoms with Gasteiger partial charge in [-0.25, -0.2) is 0 Å². The van der Waals surface area contributed by atoms with Crippen molar-refractivity contribution in [2.45, 2.75) is 18.9 Å². The molecule has 1 aromatic carbocycles. The Morgan fingerprint density at radius 2 is 2.21 bits per heavy atom. The molecular formula is C15H15NO2S. The van der Waals surface area contributed by atoms with Crippen LogP contribution in [0.3, 0.4) is 0 Å². The number of amides is 1. The van der Waals surface area contributed by atoms with E-state index in [1.807, 2.05) is 35.7 Å². The fourth-order valence-corrected chi connectivity index (χ4v) is 2.93. The maximum atomic E-state index is 11.8. The molecule has 3 rings (SSSR count). The van der Waals surface area contributed by atoms with Crippen LogP contribution in [0.5, 0.6) is 5.75 Å². The first-order valence-corrected chi connectivity index (χ1v) is 7.23. The summed E-state index contributed by atoms with van der Waals surface area (Å²) in [5.74, 6) is 1.00. The Hall–Kier alpha value is -1.81. The molecule has 4 heteroatoms. The molecule has 0 spiro atoms. The van der Waals surface area contributed by atoms with E-state index in [-0.39, 0.29) is 12.0 Å². The van der Waals surface area contributed by atoms with E-state index in [0.29, 0.717) is 13.0 Å². The van der Waals surface area contributed by atoms with Crippen LogP contribution in [0.1, 0.15) is 10.4 Å². The summed E-state index contributed by atoms with van der Waals surface area (Å²) in [7, 11) is 0. The quantitative estimate of drug-likeness (QED) is 0.929. The van der Waals surface area contributed by atoms with Gasteiger partial charge in [0, 0.05) is 11.3 Å². The Balaban J connectivity index is 1.48. The summed E-state index contributed by atoms with van der Waals surface area (Å²) in [5.41, 5.74) is 1.22. The van der Waals surface area contributed by atoms with Gasteiger partial charge >= 0.3 is 0 Å². The SMILES string of the molecule is O=C(Cc1cccs1)NC[C@H]1Cc2ccccc2O1. The highest BCUT2D eigenvalue weighted by Crippen LogP contribution is 2.27. The molecule has 0 fully saturated rings. The van der Waals surface area contributed by atoms with Crippen molar-refractivity contribution in [2.24, 2.45) is 0 Å². The van der Waals surface area contributed by atoms with Crippen LogP contribution in [0.2, 0.25) is 0 Å². The lowest BCUT2D eigenvalue weighted by Gasteiger charge is -2.11. The van der Waals surface area contributed by atoms with Crippen molar-refractivity contribution >= 4 is 17.2 Å². The number of para-hydroxylation sites is 1. The molecule has 3 nitrogen and oxygen atoms in total. The second-order valence-electron chi connectivity index (χ2n) is 4.61. The van der Waals surface area contributed by atoms with Crippen LogP contribution in [-0.4, -0.2) is 18.6 Å². The molecule has 1 N–H and O–H groups in total. The number of thiophene rings is 1. The summed E-state index contributed by atoms with van der Waals surface area (Å²) in [4.78, 5) is 12.9. The van der Waals surface area contributed by atoms with E-state index in [4.69, 9.17) is 4.74 Å². The van der Waals surface area contributed by atoms with Crippen LogP contribution in [0.25, 0.3) is 0 Å². The van der Waals surface area contributed by atoms with Gasteiger partial charge in [0.1, 0.15) is 11.9 Å². The normalized spacial score (nSPS) is 16.7. The van der Waals surface area contributed by atoms with Crippen molar-refractivity contribution in [3.63, 3.8) is 0 Å². The highest BCUT2D eigenvalue weighted by atomic mass is 32.1. The molecule has 2 aromatic rings. The largest absolute Gasteiger partial charge is 0.488 e. The van der Waals surface area contributed by atoms with Crippen LogP contribution in [0.4, 0.5) is 0 Å². The predicted molar refractivity (Wildman–Crippen MR) is 75.6 cm³/mol.